The molecule has 0 radical (unpaired) electrons. The maximum atomic E-state index is 12.2. The van der Waals surface area contributed by atoms with Gasteiger partial charge in [0.25, 0.3) is 0 Å². The Morgan fingerprint density at radius 2 is 2.16 bits per heavy atom. The number of hydrogen-bond donors (Lipinski definition) is 1. The summed E-state index contributed by atoms with van der Waals surface area (Å²) in [6.45, 7) is 1.35. The quantitative estimate of drug-likeness (QED) is 0.905. The fourth-order valence-electron chi connectivity index (χ4n) is 3.45. The molecule has 1 aromatic rings. The van der Waals surface area contributed by atoms with Crippen LogP contribution < -0.4 is 10.1 Å². The van der Waals surface area contributed by atoms with Crippen molar-refractivity contribution in [3.63, 3.8) is 0 Å². The van der Waals surface area contributed by atoms with Gasteiger partial charge in [0.15, 0.2) is 0 Å². The zero-order chi connectivity index (χ0) is 13.5. The van der Waals surface area contributed by atoms with Gasteiger partial charge in [0.05, 0.1) is 0 Å². The second-order valence-corrected chi connectivity index (χ2v) is 5.95. The van der Waals surface area contributed by atoms with E-state index in [1.165, 1.54) is 24.8 Å². The minimum Gasteiger partial charge on any atom is -0.435 e. The van der Waals surface area contributed by atoms with Gasteiger partial charge in [-0.1, -0.05) is 12.1 Å². The van der Waals surface area contributed by atoms with Gasteiger partial charge in [0.1, 0.15) is 5.75 Å². The number of alkyl halides is 2. The van der Waals surface area contributed by atoms with E-state index in [0.29, 0.717) is 11.3 Å². The van der Waals surface area contributed by atoms with Gasteiger partial charge in [-0.3, -0.25) is 0 Å². The van der Waals surface area contributed by atoms with Crippen molar-refractivity contribution in [2.75, 3.05) is 13.1 Å². The van der Waals surface area contributed by atoms with Crippen LogP contribution in [0.4, 0.5) is 8.78 Å². The molecule has 4 heteroatoms. The van der Waals surface area contributed by atoms with Gasteiger partial charge >= 0.3 is 6.61 Å². The molecule has 1 atom stereocenters. The highest BCUT2D eigenvalue weighted by Gasteiger charge is 2.43. The average molecular weight is 267 g/mol. The lowest BCUT2D eigenvalue weighted by molar-refractivity contribution is -0.0503. The number of rotatable bonds is 3. The summed E-state index contributed by atoms with van der Waals surface area (Å²) in [7, 11) is 0. The second kappa shape index (κ2) is 4.75. The van der Waals surface area contributed by atoms with Crippen molar-refractivity contribution in [3.8, 4) is 5.75 Å². The third-order valence-electron chi connectivity index (χ3n) is 4.59. The van der Waals surface area contributed by atoms with Crippen molar-refractivity contribution in [2.24, 2.45) is 5.41 Å². The summed E-state index contributed by atoms with van der Waals surface area (Å²) in [6.07, 6.45) is 3.70. The highest BCUT2D eigenvalue weighted by molar-refractivity contribution is 5.38. The van der Waals surface area contributed by atoms with Crippen molar-refractivity contribution in [3.05, 3.63) is 29.3 Å². The monoisotopic (exact) mass is 267 g/mol. The standard InChI is InChI=1S/C15H19F2NO/c1-10-6-11(2-3-13(10)19-14(16)17)12-4-5-15(7-12)8-18-9-15/h2-3,6,12,14,18H,4-5,7-9H2,1H3. The van der Waals surface area contributed by atoms with Gasteiger partial charge in [0.2, 0.25) is 0 Å². The van der Waals surface area contributed by atoms with Gasteiger partial charge in [-0.05, 0) is 54.7 Å². The Balaban J connectivity index is 1.73. The van der Waals surface area contributed by atoms with Crippen LogP contribution in [0.2, 0.25) is 0 Å². The van der Waals surface area contributed by atoms with E-state index in [1.54, 1.807) is 6.07 Å². The summed E-state index contributed by atoms with van der Waals surface area (Å²) in [4.78, 5) is 0. The van der Waals surface area contributed by atoms with Gasteiger partial charge in [-0.2, -0.15) is 8.78 Å². The van der Waals surface area contributed by atoms with Gasteiger partial charge in [0, 0.05) is 13.1 Å². The van der Waals surface area contributed by atoms with Crippen LogP contribution in [0.5, 0.6) is 5.75 Å². The van der Waals surface area contributed by atoms with E-state index in [0.717, 1.165) is 18.7 Å². The lowest BCUT2D eigenvalue weighted by Crippen LogP contribution is -2.51. The molecular formula is C15H19F2NO. The predicted molar refractivity (Wildman–Crippen MR) is 69.7 cm³/mol. The van der Waals surface area contributed by atoms with Gasteiger partial charge < -0.3 is 10.1 Å². The molecule has 1 unspecified atom stereocenters. The Morgan fingerprint density at radius 3 is 2.68 bits per heavy atom. The summed E-state index contributed by atoms with van der Waals surface area (Å²) in [5, 5.41) is 3.35. The predicted octanol–water partition coefficient (Wildman–Crippen LogP) is 3.45. The minimum atomic E-state index is -2.75. The normalized spacial score (nSPS) is 24.7. The average Bonchev–Trinajstić information content (AvgIpc) is 2.76. The molecule has 0 bridgehead atoms. The molecule has 1 saturated heterocycles. The van der Waals surface area contributed by atoms with Crippen LogP contribution in [0.3, 0.4) is 0 Å². The molecule has 1 saturated carbocycles. The molecule has 2 nitrogen and oxygen atoms in total. The number of nitrogens with one attached hydrogen (secondary N) is 1. The Kier molecular flexibility index (Phi) is 3.21. The summed E-state index contributed by atoms with van der Waals surface area (Å²) in [5.74, 6) is 0.859. The van der Waals surface area contributed by atoms with E-state index in [4.69, 9.17) is 0 Å². The number of benzene rings is 1. The highest BCUT2D eigenvalue weighted by atomic mass is 19.3. The van der Waals surface area contributed by atoms with E-state index >= 15 is 0 Å². The molecule has 3 rings (SSSR count). The largest absolute Gasteiger partial charge is 0.435 e. The Morgan fingerprint density at radius 1 is 1.37 bits per heavy atom. The van der Waals surface area contributed by atoms with Crippen LogP contribution in [0.15, 0.2) is 18.2 Å². The molecule has 2 fully saturated rings. The summed E-state index contributed by atoms with van der Waals surface area (Å²) >= 11 is 0. The minimum absolute atomic E-state index is 0.289. The molecule has 1 aliphatic heterocycles. The lowest BCUT2D eigenvalue weighted by Gasteiger charge is -2.39. The third kappa shape index (κ3) is 2.46. The van der Waals surface area contributed by atoms with Crippen LogP contribution >= 0.6 is 0 Å². The molecule has 1 aliphatic carbocycles. The highest BCUT2D eigenvalue weighted by Crippen LogP contribution is 2.49. The lowest BCUT2D eigenvalue weighted by atomic mass is 9.79. The van der Waals surface area contributed by atoms with E-state index in [9.17, 15) is 8.78 Å². The SMILES string of the molecule is Cc1cc(C2CCC3(CNC3)C2)ccc1OC(F)F. The van der Waals surface area contributed by atoms with Crippen molar-refractivity contribution < 1.29 is 13.5 Å². The molecule has 1 N–H and O–H groups in total. The summed E-state index contributed by atoms with van der Waals surface area (Å²) in [5.41, 5.74) is 2.57. The second-order valence-electron chi connectivity index (χ2n) is 5.95. The van der Waals surface area contributed by atoms with Crippen molar-refractivity contribution in [2.45, 2.75) is 38.7 Å². The van der Waals surface area contributed by atoms with Gasteiger partial charge in [-0.25, -0.2) is 0 Å². The molecule has 19 heavy (non-hydrogen) atoms. The molecule has 2 aliphatic rings. The Hall–Kier alpha value is -1.16. The molecule has 1 heterocycles. The number of hydrogen-bond acceptors (Lipinski definition) is 2. The van der Waals surface area contributed by atoms with Crippen molar-refractivity contribution in [1.29, 1.82) is 0 Å². The fraction of sp³-hybridized carbons (Fsp3) is 0.600. The summed E-state index contributed by atoms with van der Waals surface area (Å²) in [6, 6.07) is 5.63. The zero-order valence-corrected chi connectivity index (χ0v) is 11.1. The molecule has 104 valence electrons. The van der Waals surface area contributed by atoms with E-state index in [-0.39, 0.29) is 5.75 Å². The van der Waals surface area contributed by atoms with Crippen LogP contribution in [0, 0.1) is 12.3 Å². The first kappa shape index (κ1) is 12.9. The molecule has 1 aromatic carbocycles. The number of ether oxygens (including phenoxy) is 1. The van der Waals surface area contributed by atoms with E-state index < -0.39 is 6.61 Å². The topological polar surface area (TPSA) is 21.3 Å². The Labute approximate surface area is 112 Å². The van der Waals surface area contributed by atoms with Crippen LogP contribution in [-0.4, -0.2) is 19.7 Å². The molecular weight excluding hydrogens is 248 g/mol. The fourth-order valence-corrected chi connectivity index (χ4v) is 3.45. The summed E-state index contributed by atoms with van der Waals surface area (Å²) < 4.78 is 28.9. The third-order valence-corrected chi connectivity index (χ3v) is 4.59. The van der Waals surface area contributed by atoms with Crippen molar-refractivity contribution >= 4 is 0 Å². The van der Waals surface area contributed by atoms with E-state index in [2.05, 4.69) is 10.1 Å². The van der Waals surface area contributed by atoms with E-state index in [1.807, 2.05) is 19.1 Å². The maximum Gasteiger partial charge on any atom is 0.387 e. The molecule has 1 spiro atoms. The molecule has 0 amide bonds. The van der Waals surface area contributed by atoms with Gasteiger partial charge in [-0.15, -0.1) is 0 Å². The smallest absolute Gasteiger partial charge is 0.387 e. The Bertz CT molecular complexity index is 471. The van der Waals surface area contributed by atoms with Crippen LogP contribution in [0.1, 0.15) is 36.3 Å². The first-order valence-electron chi connectivity index (χ1n) is 6.84. The van der Waals surface area contributed by atoms with Crippen molar-refractivity contribution in [1.82, 2.24) is 5.32 Å². The first-order valence-corrected chi connectivity index (χ1v) is 6.84. The van der Waals surface area contributed by atoms with Crippen LogP contribution in [0.25, 0.3) is 0 Å². The van der Waals surface area contributed by atoms with Crippen LogP contribution in [-0.2, 0) is 0 Å². The first-order chi connectivity index (χ1) is 9.08. The maximum absolute atomic E-state index is 12.2. The molecule has 0 aromatic heterocycles. The number of aryl methyl sites for hydroxylation is 1. The zero-order valence-electron chi connectivity index (χ0n) is 11.1. The number of halogens is 2.